The predicted octanol–water partition coefficient (Wildman–Crippen LogP) is 3.45. The molecule has 0 saturated heterocycles. The molecule has 28 heavy (non-hydrogen) atoms. The molecule has 0 aliphatic carbocycles. The molecular formula is C19H19F2NO6. The van der Waals surface area contributed by atoms with Gasteiger partial charge in [0.2, 0.25) is 5.78 Å². The van der Waals surface area contributed by atoms with E-state index in [1.165, 1.54) is 24.3 Å². The highest BCUT2D eigenvalue weighted by molar-refractivity contribution is 6.04. The lowest BCUT2D eigenvalue weighted by atomic mass is 10.1. The zero-order valence-corrected chi connectivity index (χ0v) is 15.5. The summed E-state index contributed by atoms with van der Waals surface area (Å²) >= 11 is 0. The van der Waals surface area contributed by atoms with E-state index in [4.69, 9.17) is 9.47 Å². The molecule has 0 aliphatic rings. The van der Waals surface area contributed by atoms with Crippen LogP contribution in [-0.2, 0) is 9.47 Å². The van der Waals surface area contributed by atoms with Crippen molar-refractivity contribution in [2.45, 2.75) is 27.4 Å². The average molecular weight is 395 g/mol. The summed E-state index contributed by atoms with van der Waals surface area (Å²) in [6.07, 6.45) is 0. The van der Waals surface area contributed by atoms with Crippen molar-refractivity contribution >= 4 is 17.7 Å². The number of halogens is 2. The van der Waals surface area contributed by atoms with Crippen LogP contribution >= 0.6 is 0 Å². The average Bonchev–Trinajstić information content (AvgIpc) is 2.94. The fourth-order valence-corrected chi connectivity index (χ4v) is 2.69. The summed E-state index contributed by atoms with van der Waals surface area (Å²) in [5.41, 5.74) is 0.907. The van der Waals surface area contributed by atoms with Crippen LogP contribution in [0.1, 0.15) is 49.4 Å². The Labute approximate surface area is 159 Å². The van der Waals surface area contributed by atoms with E-state index in [1.807, 2.05) is 0 Å². The summed E-state index contributed by atoms with van der Waals surface area (Å²) in [4.78, 5) is 39.3. The molecule has 0 saturated carbocycles. The van der Waals surface area contributed by atoms with Crippen molar-refractivity contribution in [2.75, 3.05) is 13.2 Å². The largest absolute Gasteiger partial charge is 0.461 e. The Morgan fingerprint density at radius 3 is 2.39 bits per heavy atom. The molecule has 0 unspecified atom stereocenters. The number of aryl methyl sites for hydroxylation is 1. The molecule has 1 heterocycles. The SMILES string of the molecule is CCOC(=O)c1[nH]c(C)c(C(=O)COC(=O)c2ccccc2OC(F)F)c1C. The van der Waals surface area contributed by atoms with Gasteiger partial charge in [0.1, 0.15) is 17.0 Å². The Bertz CT molecular complexity index is 891. The van der Waals surface area contributed by atoms with Crippen LogP contribution in [0.3, 0.4) is 0 Å². The van der Waals surface area contributed by atoms with E-state index >= 15 is 0 Å². The molecule has 0 spiro atoms. The number of benzene rings is 1. The number of carbonyl (C=O) groups is 3. The van der Waals surface area contributed by atoms with Crippen LogP contribution in [0.15, 0.2) is 24.3 Å². The van der Waals surface area contributed by atoms with Gasteiger partial charge >= 0.3 is 18.6 Å². The standard InChI is InChI=1S/C19H19F2NO6/c1-4-26-18(25)16-10(2)15(11(3)22-16)13(23)9-27-17(24)12-7-5-6-8-14(12)28-19(20)21/h5-8,19,22H,4,9H2,1-3H3. The summed E-state index contributed by atoms with van der Waals surface area (Å²) in [6.45, 7) is 1.25. The van der Waals surface area contributed by atoms with Crippen molar-refractivity contribution in [3.63, 3.8) is 0 Å². The number of aromatic amines is 1. The zero-order valence-electron chi connectivity index (χ0n) is 15.5. The van der Waals surface area contributed by atoms with E-state index in [2.05, 4.69) is 9.72 Å². The van der Waals surface area contributed by atoms with Gasteiger partial charge in [-0.25, -0.2) is 9.59 Å². The summed E-state index contributed by atoms with van der Waals surface area (Å²) < 4.78 is 39.0. The number of Topliss-reactive ketones (excluding diaryl/α,β-unsaturated/α-hetero) is 1. The van der Waals surface area contributed by atoms with Crippen molar-refractivity contribution in [3.8, 4) is 5.75 Å². The fourth-order valence-electron chi connectivity index (χ4n) is 2.69. The third-order valence-electron chi connectivity index (χ3n) is 3.85. The number of aromatic nitrogens is 1. The van der Waals surface area contributed by atoms with E-state index in [1.54, 1.807) is 20.8 Å². The number of alkyl halides is 2. The molecule has 0 atom stereocenters. The van der Waals surface area contributed by atoms with Crippen molar-refractivity contribution in [1.29, 1.82) is 0 Å². The third kappa shape index (κ3) is 4.73. The number of ether oxygens (including phenoxy) is 3. The van der Waals surface area contributed by atoms with Crippen molar-refractivity contribution in [3.05, 3.63) is 52.3 Å². The minimum absolute atomic E-state index is 0.143. The molecular weight excluding hydrogens is 376 g/mol. The van der Waals surface area contributed by atoms with Gasteiger partial charge in [-0.15, -0.1) is 0 Å². The second-order valence-corrected chi connectivity index (χ2v) is 5.72. The van der Waals surface area contributed by atoms with Crippen molar-refractivity contribution in [2.24, 2.45) is 0 Å². The molecule has 0 bridgehead atoms. The van der Waals surface area contributed by atoms with Gasteiger partial charge < -0.3 is 19.2 Å². The van der Waals surface area contributed by atoms with Crippen LogP contribution in [0.4, 0.5) is 8.78 Å². The number of H-pyrrole nitrogens is 1. The number of carbonyl (C=O) groups excluding carboxylic acids is 3. The molecule has 0 radical (unpaired) electrons. The molecule has 0 fully saturated rings. The Morgan fingerprint density at radius 2 is 1.75 bits per heavy atom. The van der Waals surface area contributed by atoms with Crippen LogP contribution < -0.4 is 4.74 Å². The van der Waals surface area contributed by atoms with Crippen molar-refractivity contribution < 1.29 is 37.4 Å². The summed E-state index contributed by atoms with van der Waals surface area (Å²) in [5.74, 6) is -2.49. The normalized spacial score (nSPS) is 10.6. The van der Waals surface area contributed by atoms with Gasteiger partial charge in [-0.3, -0.25) is 4.79 Å². The summed E-state index contributed by atoms with van der Waals surface area (Å²) in [6, 6.07) is 5.30. The van der Waals surface area contributed by atoms with Crippen LogP contribution in [0.5, 0.6) is 5.75 Å². The van der Waals surface area contributed by atoms with Crippen LogP contribution in [-0.4, -0.2) is 42.5 Å². The molecule has 9 heteroatoms. The first kappa shape index (κ1) is 21.1. The predicted molar refractivity (Wildman–Crippen MR) is 93.9 cm³/mol. The molecule has 2 aromatic rings. The minimum Gasteiger partial charge on any atom is -0.461 e. The second-order valence-electron chi connectivity index (χ2n) is 5.72. The molecule has 2 rings (SSSR count). The zero-order chi connectivity index (χ0) is 20.8. The third-order valence-corrected chi connectivity index (χ3v) is 3.85. The first-order valence-corrected chi connectivity index (χ1v) is 8.36. The number of hydrogen-bond donors (Lipinski definition) is 1. The first-order valence-electron chi connectivity index (χ1n) is 8.36. The number of nitrogens with one attached hydrogen (secondary N) is 1. The first-order chi connectivity index (χ1) is 13.3. The molecule has 7 nitrogen and oxygen atoms in total. The summed E-state index contributed by atoms with van der Waals surface area (Å²) in [5, 5.41) is 0. The Balaban J connectivity index is 2.13. The Kier molecular flexibility index (Phi) is 6.86. The van der Waals surface area contributed by atoms with E-state index in [0.29, 0.717) is 11.3 Å². The maximum absolute atomic E-state index is 12.5. The maximum Gasteiger partial charge on any atom is 0.387 e. The highest BCUT2D eigenvalue weighted by Gasteiger charge is 2.24. The van der Waals surface area contributed by atoms with E-state index in [-0.39, 0.29) is 29.2 Å². The fraction of sp³-hybridized carbons (Fsp3) is 0.316. The lowest BCUT2D eigenvalue weighted by Gasteiger charge is -2.10. The molecule has 1 aromatic carbocycles. The van der Waals surface area contributed by atoms with Gasteiger partial charge in [-0.05, 0) is 38.5 Å². The highest BCUT2D eigenvalue weighted by Crippen LogP contribution is 2.22. The molecule has 150 valence electrons. The van der Waals surface area contributed by atoms with Crippen LogP contribution in [0.2, 0.25) is 0 Å². The maximum atomic E-state index is 12.5. The monoisotopic (exact) mass is 395 g/mol. The lowest BCUT2D eigenvalue weighted by molar-refractivity contribution is -0.0504. The molecule has 0 aliphatic heterocycles. The lowest BCUT2D eigenvalue weighted by Crippen LogP contribution is -2.17. The van der Waals surface area contributed by atoms with E-state index < -0.39 is 30.9 Å². The van der Waals surface area contributed by atoms with Crippen LogP contribution in [0.25, 0.3) is 0 Å². The van der Waals surface area contributed by atoms with Crippen molar-refractivity contribution in [1.82, 2.24) is 4.98 Å². The number of esters is 2. The molecule has 0 amide bonds. The molecule has 1 aromatic heterocycles. The topological polar surface area (TPSA) is 94.7 Å². The van der Waals surface area contributed by atoms with E-state index in [0.717, 1.165) is 0 Å². The number of ketones is 1. The van der Waals surface area contributed by atoms with Gasteiger partial charge in [0, 0.05) is 11.3 Å². The van der Waals surface area contributed by atoms with Gasteiger partial charge in [0.25, 0.3) is 0 Å². The smallest absolute Gasteiger partial charge is 0.387 e. The number of hydrogen-bond acceptors (Lipinski definition) is 6. The number of rotatable bonds is 8. The van der Waals surface area contributed by atoms with Crippen LogP contribution in [0, 0.1) is 13.8 Å². The summed E-state index contributed by atoms with van der Waals surface area (Å²) in [7, 11) is 0. The Hall–Kier alpha value is -3.23. The number of para-hydroxylation sites is 1. The van der Waals surface area contributed by atoms with Gasteiger partial charge in [-0.1, -0.05) is 12.1 Å². The second kappa shape index (κ2) is 9.12. The quantitative estimate of drug-likeness (QED) is 0.543. The molecule has 1 N–H and O–H groups in total. The van der Waals surface area contributed by atoms with E-state index in [9.17, 15) is 23.2 Å². The van der Waals surface area contributed by atoms with Gasteiger partial charge in [0.05, 0.1) is 6.61 Å². The van der Waals surface area contributed by atoms with Gasteiger partial charge in [-0.2, -0.15) is 8.78 Å². The Morgan fingerprint density at radius 1 is 1.07 bits per heavy atom. The minimum atomic E-state index is -3.11. The van der Waals surface area contributed by atoms with Gasteiger partial charge in [0.15, 0.2) is 6.61 Å². The highest BCUT2D eigenvalue weighted by atomic mass is 19.3.